The van der Waals surface area contributed by atoms with E-state index in [-0.39, 0.29) is 18.4 Å². The molecule has 0 amide bonds. The van der Waals surface area contributed by atoms with Crippen LogP contribution in [0, 0.1) is 5.92 Å². The minimum atomic E-state index is -0.417. The average molecular weight is 300 g/mol. The van der Waals surface area contributed by atoms with Crippen LogP contribution in [-0.2, 0) is 19.1 Å². The summed E-state index contributed by atoms with van der Waals surface area (Å²) in [7, 11) is 0. The zero-order chi connectivity index (χ0) is 15.9. The molecule has 0 heterocycles. The van der Waals surface area contributed by atoms with Crippen LogP contribution in [0.1, 0.15) is 78.6 Å². The molecule has 1 atom stereocenters. The van der Waals surface area contributed by atoms with E-state index in [1.807, 2.05) is 0 Å². The van der Waals surface area contributed by atoms with Crippen LogP contribution < -0.4 is 0 Å². The molecule has 0 aliphatic carbocycles. The van der Waals surface area contributed by atoms with Gasteiger partial charge >= 0.3 is 11.9 Å². The van der Waals surface area contributed by atoms with Crippen molar-refractivity contribution in [2.45, 2.75) is 78.6 Å². The van der Waals surface area contributed by atoms with Gasteiger partial charge in [-0.25, -0.2) is 0 Å². The second kappa shape index (κ2) is 13.9. The quantitative estimate of drug-likeness (QED) is 0.377. The first-order chi connectivity index (χ1) is 10.1. The fourth-order valence-corrected chi connectivity index (χ4v) is 1.95. The van der Waals surface area contributed by atoms with Crippen LogP contribution in [0.25, 0.3) is 0 Å². The van der Waals surface area contributed by atoms with Crippen molar-refractivity contribution < 1.29 is 19.1 Å². The maximum atomic E-state index is 11.7. The number of unbranched alkanes of at least 4 members (excludes halogenated alkanes) is 6. The van der Waals surface area contributed by atoms with Crippen molar-refractivity contribution in [2.24, 2.45) is 5.92 Å². The number of rotatable bonds is 13. The molecule has 0 aromatic rings. The molecule has 21 heavy (non-hydrogen) atoms. The van der Waals surface area contributed by atoms with Crippen LogP contribution in [0.15, 0.2) is 0 Å². The third-order valence-corrected chi connectivity index (χ3v) is 3.38. The number of carbonyl (C=O) groups excluding carboxylic acids is 2. The fraction of sp³-hybridized carbons (Fsp3) is 0.882. The predicted octanol–water partition coefficient (Wildman–Crippen LogP) is 4.26. The molecule has 0 aromatic carbocycles. The lowest BCUT2D eigenvalue weighted by atomic mass is 10.1. The van der Waals surface area contributed by atoms with Crippen molar-refractivity contribution in [1.82, 2.24) is 0 Å². The molecule has 0 fully saturated rings. The van der Waals surface area contributed by atoms with E-state index in [2.05, 4.69) is 13.8 Å². The highest BCUT2D eigenvalue weighted by Crippen LogP contribution is 2.08. The Balaban J connectivity index is 3.62. The summed E-state index contributed by atoms with van der Waals surface area (Å²) in [6, 6.07) is 0. The normalized spacial score (nSPS) is 12.0. The third-order valence-electron chi connectivity index (χ3n) is 3.38. The van der Waals surface area contributed by atoms with Gasteiger partial charge in [-0.3, -0.25) is 9.59 Å². The number of hydrogen-bond acceptors (Lipinski definition) is 4. The summed E-state index contributed by atoms with van der Waals surface area (Å²) in [5.74, 6) is -1.02. The molecule has 4 nitrogen and oxygen atoms in total. The molecule has 0 saturated carbocycles. The second-order valence-corrected chi connectivity index (χ2v) is 5.61. The third kappa shape index (κ3) is 12.4. The molecule has 0 N–H and O–H groups in total. The summed E-state index contributed by atoms with van der Waals surface area (Å²) in [4.78, 5) is 23.3. The fourth-order valence-electron chi connectivity index (χ4n) is 1.95. The van der Waals surface area contributed by atoms with Crippen LogP contribution in [0.3, 0.4) is 0 Å². The SMILES string of the molecule is CCCCCCOC(=O)CC(C)C(=O)OCCCCCC. The summed E-state index contributed by atoms with van der Waals surface area (Å²) < 4.78 is 10.3. The molecule has 4 heteroatoms. The van der Waals surface area contributed by atoms with Crippen molar-refractivity contribution in [1.29, 1.82) is 0 Å². The van der Waals surface area contributed by atoms with Crippen LogP contribution in [-0.4, -0.2) is 25.2 Å². The summed E-state index contributed by atoms with van der Waals surface area (Å²) >= 11 is 0. The molecule has 0 spiro atoms. The van der Waals surface area contributed by atoms with Gasteiger partial charge in [0.25, 0.3) is 0 Å². The molecule has 124 valence electrons. The average Bonchev–Trinajstić information content (AvgIpc) is 2.46. The van der Waals surface area contributed by atoms with Gasteiger partial charge in [-0.05, 0) is 12.8 Å². The standard InChI is InChI=1S/C17H32O4/c1-4-6-8-10-12-20-16(18)14-15(3)17(19)21-13-11-9-7-5-2/h15H,4-14H2,1-3H3. The van der Waals surface area contributed by atoms with E-state index in [9.17, 15) is 9.59 Å². The molecule has 0 aromatic heterocycles. The van der Waals surface area contributed by atoms with E-state index < -0.39 is 5.92 Å². The van der Waals surface area contributed by atoms with Crippen LogP contribution in [0.2, 0.25) is 0 Å². The highest BCUT2D eigenvalue weighted by atomic mass is 16.5. The number of hydrogen-bond donors (Lipinski definition) is 0. The van der Waals surface area contributed by atoms with Gasteiger partial charge in [-0.15, -0.1) is 0 Å². The Morgan fingerprint density at radius 1 is 0.810 bits per heavy atom. The van der Waals surface area contributed by atoms with E-state index in [1.54, 1.807) is 6.92 Å². The molecule has 0 radical (unpaired) electrons. The van der Waals surface area contributed by atoms with Crippen molar-refractivity contribution >= 4 is 11.9 Å². The lowest BCUT2D eigenvalue weighted by molar-refractivity contribution is -0.154. The molecule has 0 aliphatic rings. The summed E-state index contributed by atoms with van der Waals surface area (Å²) in [5, 5.41) is 0. The molecule has 0 saturated heterocycles. The van der Waals surface area contributed by atoms with E-state index >= 15 is 0 Å². The van der Waals surface area contributed by atoms with E-state index in [1.165, 1.54) is 0 Å². The first-order valence-corrected chi connectivity index (χ1v) is 8.44. The summed E-state index contributed by atoms with van der Waals surface area (Å²) in [6.07, 6.45) is 8.72. The Morgan fingerprint density at radius 2 is 1.33 bits per heavy atom. The predicted molar refractivity (Wildman–Crippen MR) is 84.0 cm³/mol. The number of carbonyl (C=O) groups is 2. The van der Waals surface area contributed by atoms with Gasteiger partial charge in [0, 0.05) is 0 Å². The topological polar surface area (TPSA) is 52.6 Å². The summed E-state index contributed by atoms with van der Waals surface area (Å²) in [6.45, 7) is 6.91. The Labute approximate surface area is 129 Å². The number of ether oxygens (including phenoxy) is 2. The maximum absolute atomic E-state index is 11.7. The van der Waals surface area contributed by atoms with Gasteiger partial charge in [0.05, 0.1) is 25.6 Å². The molecule has 0 aliphatic heterocycles. The first kappa shape index (κ1) is 19.9. The Kier molecular flexibility index (Phi) is 13.2. The van der Waals surface area contributed by atoms with Gasteiger partial charge < -0.3 is 9.47 Å². The largest absolute Gasteiger partial charge is 0.466 e. The molecular formula is C17H32O4. The Hall–Kier alpha value is -1.06. The van der Waals surface area contributed by atoms with Gasteiger partial charge in [-0.2, -0.15) is 0 Å². The molecule has 0 bridgehead atoms. The minimum absolute atomic E-state index is 0.113. The van der Waals surface area contributed by atoms with Crippen LogP contribution in [0.5, 0.6) is 0 Å². The van der Waals surface area contributed by atoms with E-state index in [0.717, 1.165) is 51.4 Å². The van der Waals surface area contributed by atoms with E-state index in [4.69, 9.17) is 9.47 Å². The highest BCUT2D eigenvalue weighted by molar-refractivity contribution is 5.79. The zero-order valence-corrected chi connectivity index (χ0v) is 14.0. The Morgan fingerprint density at radius 3 is 1.86 bits per heavy atom. The molecular weight excluding hydrogens is 268 g/mol. The van der Waals surface area contributed by atoms with Crippen molar-refractivity contribution in [2.75, 3.05) is 13.2 Å². The second-order valence-electron chi connectivity index (χ2n) is 5.61. The lowest BCUT2D eigenvalue weighted by Crippen LogP contribution is -2.20. The van der Waals surface area contributed by atoms with Crippen molar-refractivity contribution in [3.05, 3.63) is 0 Å². The van der Waals surface area contributed by atoms with E-state index in [0.29, 0.717) is 13.2 Å². The van der Waals surface area contributed by atoms with Gasteiger partial charge in [0.2, 0.25) is 0 Å². The zero-order valence-electron chi connectivity index (χ0n) is 14.0. The number of esters is 2. The first-order valence-electron chi connectivity index (χ1n) is 8.44. The maximum Gasteiger partial charge on any atom is 0.309 e. The summed E-state index contributed by atoms with van der Waals surface area (Å²) in [5.41, 5.74) is 0. The lowest BCUT2D eigenvalue weighted by Gasteiger charge is -2.11. The molecule has 1 unspecified atom stereocenters. The van der Waals surface area contributed by atoms with Crippen molar-refractivity contribution in [3.63, 3.8) is 0 Å². The minimum Gasteiger partial charge on any atom is -0.466 e. The van der Waals surface area contributed by atoms with Crippen LogP contribution >= 0.6 is 0 Å². The van der Waals surface area contributed by atoms with Gasteiger partial charge in [0.15, 0.2) is 0 Å². The van der Waals surface area contributed by atoms with Gasteiger partial charge in [-0.1, -0.05) is 59.3 Å². The highest BCUT2D eigenvalue weighted by Gasteiger charge is 2.19. The van der Waals surface area contributed by atoms with Gasteiger partial charge in [0.1, 0.15) is 0 Å². The smallest absolute Gasteiger partial charge is 0.309 e. The molecule has 0 rings (SSSR count). The van der Waals surface area contributed by atoms with Crippen molar-refractivity contribution in [3.8, 4) is 0 Å². The van der Waals surface area contributed by atoms with Crippen LogP contribution in [0.4, 0.5) is 0 Å². The Bertz CT molecular complexity index is 276. The monoisotopic (exact) mass is 300 g/mol.